The molecule has 3 heteroatoms. The standard InChI is InChI=1S/C15H24N2O/c1-3-17(15-6-4-5-12(2)9-15)10-14(11-18)16-13-7-8-13/h4-6,9,13-14,16,18H,3,7-8,10-11H2,1-2H3. The van der Waals surface area contributed by atoms with Gasteiger partial charge in [-0.1, -0.05) is 12.1 Å². The maximum Gasteiger partial charge on any atom is 0.0602 e. The van der Waals surface area contributed by atoms with Crippen LogP contribution in [0.15, 0.2) is 24.3 Å². The number of likely N-dealkylation sites (N-methyl/N-ethyl adjacent to an activating group) is 1. The third-order valence-corrected chi connectivity index (χ3v) is 3.46. The summed E-state index contributed by atoms with van der Waals surface area (Å²) in [5.74, 6) is 0. The lowest BCUT2D eigenvalue weighted by atomic mass is 10.2. The van der Waals surface area contributed by atoms with Crippen molar-refractivity contribution >= 4 is 5.69 Å². The highest BCUT2D eigenvalue weighted by molar-refractivity contribution is 5.48. The molecule has 2 rings (SSSR count). The van der Waals surface area contributed by atoms with Crippen LogP contribution in [0, 0.1) is 6.92 Å². The first-order valence-corrected chi connectivity index (χ1v) is 6.91. The third-order valence-electron chi connectivity index (χ3n) is 3.46. The van der Waals surface area contributed by atoms with Gasteiger partial charge in [0.25, 0.3) is 0 Å². The lowest BCUT2D eigenvalue weighted by Gasteiger charge is -2.28. The van der Waals surface area contributed by atoms with E-state index in [0.717, 1.165) is 13.1 Å². The van der Waals surface area contributed by atoms with E-state index in [2.05, 4.69) is 48.3 Å². The summed E-state index contributed by atoms with van der Waals surface area (Å²) in [6, 6.07) is 9.37. The number of anilines is 1. The van der Waals surface area contributed by atoms with Gasteiger partial charge >= 0.3 is 0 Å². The predicted octanol–water partition coefficient (Wildman–Crippen LogP) is 1.93. The van der Waals surface area contributed by atoms with E-state index in [1.54, 1.807) is 0 Å². The van der Waals surface area contributed by atoms with Crippen molar-refractivity contribution in [2.75, 3.05) is 24.6 Å². The van der Waals surface area contributed by atoms with Gasteiger partial charge in [0, 0.05) is 30.9 Å². The zero-order valence-corrected chi connectivity index (χ0v) is 11.4. The van der Waals surface area contributed by atoms with Crippen molar-refractivity contribution < 1.29 is 5.11 Å². The molecule has 1 fully saturated rings. The minimum Gasteiger partial charge on any atom is -0.395 e. The maximum atomic E-state index is 9.46. The molecule has 0 spiro atoms. The number of aliphatic hydroxyl groups is 1. The molecule has 0 amide bonds. The average molecular weight is 248 g/mol. The molecule has 0 radical (unpaired) electrons. The van der Waals surface area contributed by atoms with Gasteiger partial charge in [0.1, 0.15) is 0 Å². The SMILES string of the molecule is CCN(CC(CO)NC1CC1)c1cccc(C)c1. The molecule has 2 N–H and O–H groups in total. The fourth-order valence-electron chi connectivity index (χ4n) is 2.25. The van der Waals surface area contributed by atoms with Gasteiger partial charge in [0.15, 0.2) is 0 Å². The Labute approximate surface area is 110 Å². The van der Waals surface area contributed by atoms with E-state index in [0.29, 0.717) is 6.04 Å². The first-order valence-electron chi connectivity index (χ1n) is 6.91. The van der Waals surface area contributed by atoms with Crippen LogP contribution in [0.2, 0.25) is 0 Å². The number of hydrogen-bond acceptors (Lipinski definition) is 3. The topological polar surface area (TPSA) is 35.5 Å². The van der Waals surface area contributed by atoms with E-state index >= 15 is 0 Å². The van der Waals surface area contributed by atoms with E-state index < -0.39 is 0 Å². The zero-order chi connectivity index (χ0) is 13.0. The van der Waals surface area contributed by atoms with Gasteiger partial charge in [-0.2, -0.15) is 0 Å². The van der Waals surface area contributed by atoms with E-state index in [1.165, 1.54) is 24.1 Å². The van der Waals surface area contributed by atoms with Crippen molar-refractivity contribution in [1.82, 2.24) is 5.32 Å². The second-order valence-electron chi connectivity index (χ2n) is 5.20. The molecular weight excluding hydrogens is 224 g/mol. The number of rotatable bonds is 7. The summed E-state index contributed by atoms with van der Waals surface area (Å²) in [6.07, 6.45) is 2.51. The first-order chi connectivity index (χ1) is 8.72. The van der Waals surface area contributed by atoms with Crippen LogP contribution in [0.1, 0.15) is 25.3 Å². The van der Waals surface area contributed by atoms with Gasteiger partial charge < -0.3 is 15.3 Å². The molecule has 1 aliphatic rings. The molecule has 1 unspecified atom stereocenters. The Balaban J connectivity index is 1.98. The molecule has 100 valence electrons. The Morgan fingerprint density at radius 3 is 2.78 bits per heavy atom. The number of benzene rings is 1. The maximum absolute atomic E-state index is 9.46. The second kappa shape index (κ2) is 6.21. The minimum absolute atomic E-state index is 0.179. The van der Waals surface area contributed by atoms with Crippen LogP contribution < -0.4 is 10.2 Å². The van der Waals surface area contributed by atoms with Crippen LogP contribution in [0.25, 0.3) is 0 Å². The summed E-state index contributed by atoms with van der Waals surface area (Å²) in [5.41, 5.74) is 2.52. The fourth-order valence-corrected chi connectivity index (χ4v) is 2.25. The number of nitrogens with zero attached hydrogens (tertiary/aromatic N) is 1. The molecule has 1 saturated carbocycles. The van der Waals surface area contributed by atoms with Crippen LogP contribution >= 0.6 is 0 Å². The Morgan fingerprint density at radius 1 is 1.44 bits per heavy atom. The monoisotopic (exact) mass is 248 g/mol. The fraction of sp³-hybridized carbons (Fsp3) is 0.600. The summed E-state index contributed by atoms with van der Waals surface area (Å²) in [7, 11) is 0. The Morgan fingerprint density at radius 2 is 2.22 bits per heavy atom. The van der Waals surface area contributed by atoms with Crippen LogP contribution in [0.4, 0.5) is 5.69 Å². The molecule has 3 nitrogen and oxygen atoms in total. The van der Waals surface area contributed by atoms with Gasteiger partial charge in [-0.15, -0.1) is 0 Å². The van der Waals surface area contributed by atoms with Gasteiger partial charge in [-0.25, -0.2) is 0 Å². The number of aliphatic hydroxyl groups excluding tert-OH is 1. The highest BCUT2D eigenvalue weighted by atomic mass is 16.3. The molecule has 0 bridgehead atoms. The molecule has 1 aliphatic carbocycles. The smallest absolute Gasteiger partial charge is 0.0602 e. The molecule has 0 heterocycles. The second-order valence-corrected chi connectivity index (χ2v) is 5.20. The summed E-state index contributed by atoms with van der Waals surface area (Å²) in [5, 5.41) is 13.0. The average Bonchev–Trinajstić information content (AvgIpc) is 3.18. The minimum atomic E-state index is 0.179. The van der Waals surface area contributed by atoms with Gasteiger partial charge in [0.2, 0.25) is 0 Å². The molecule has 0 saturated heterocycles. The van der Waals surface area contributed by atoms with Gasteiger partial charge in [-0.05, 0) is 44.4 Å². The summed E-state index contributed by atoms with van der Waals surface area (Å²) >= 11 is 0. The lowest BCUT2D eigenvalue weighted by Crippen LogP contribution is -2.44. The summed E-state index contributed by atoms with van der Waals surface area (Å²) < 4.78 is 0. The normalized spacial score (nSPS) is 16.6. The van der Waals surface area contributed by atoms with E-state index in [9.17, 15) is 5.11 Å². The quantitative estimate of drug-likeness (QED) is 0.774. The van der Waals surface area contributed by atoms with E-state index in [4.69, 9.17) is 0 Å². The van der Waals surface area contributed by atoms with Crippen LogP contribution in [0.3, 0.4) is 0 Å². The van der Waals surface area contributed by atoms with Crippen molar-refractivity contribution in [3.05, 3.63) is 29.8 Å². The van der Waals surface area contributed by atoms with Crippen LogP contribution in [0.5, 0.6) is 0 Å². The molecule has 1 aromatic carbocycles. The van der Waals surface area contributed by atoms with Crippen LogP contribution in [-0.4, -0.2) is 36.9 Å². The van der Waals surface area contributed by atoms with Crippen LogP contribution in [-0.2, 0) is 0 Å². The van der Waals surface area contributed by atoms with E-state index in [1.807, 2.05) is 0 Å². The number of aryl methyl sites for hydroxylation is 1. The van der Waals surface area contributed by atoms with Crippen molar-refractivity contribution in [2.24, 2.45) is 0 Å². The van der Waals surface area contributed by atoms with Crippen molar-refractivity contribution in [3.63, 3.8) is 0 Å². The zero-order valence-electron chi connectivity index (χ0n) is 11.4. The number of hydrogen-bond donors (Lipinski definition) is 2. The molecule has 1 aromatic rings. The number of nitrogens with one attached hydrogen (secondary N) is 1. The molecule has 0 aliphatic heterocycles. The Bertz CT molecular complexity index is 377. The van der Waals surface area contributed by atoms with Crippen molar-refractivity contribution in [3.8, 4) is 0 Å². The Kier molecular flexibility index (Phi) is 4.61. The summed E-state index contributed by atoms with van der Waals surface area (Å²) in [6.45, 7) is 6.31. The lowest BCUT2D eigenvalue weighted by molar-refractivity contribution is 0.242. The van der Waals surface area contributed by atoms with E-state index in [-0.39, 0.29) is 12.6 Å². The molecular formula is C15H24N2O. The molecule has 1 atom stereocenters. The largest absolute Gasteiger partial charge is 0.395 e. The summed E-state index contributed by atoms with van der Waals surface area (Å²) in [4.78, 5) is 2.32. The van der Waals surface area contributed by atoms with Gasteiger partial charge in [-0.3, -0.25) is 0 Å². The first kappa shape index (κ1) is 13.4. The van der Waals surface area contributed by atoms with Gasteiger partial charge in [0.05, 0.1) is 6.61 Å². The Hall–Kier alpha value is -1.06. The highest BCUT2D eigenvalue weighted by Gasteiger charge is 2.25. The highest BCUT2D eigenvalue weighted by Crippen LogP contribution is 2.20. The molecule has 18 heavy (non-hydrogen) atoms. The van der Waals surface area contributed by atoms with Crippen molar-refractivity contribution in [1.29, 1.82) is 0 Å². The molecule has 0 aromatic heterocycles. The van der Waals surface area contributed by atoms with Crippen molar-refractivity contribution in [2.45, 2.75) is 38.8 Å². The predicted molar refractivity (Wildman–Crippen MR) is 76.1 cm³/mol. The third kappa shape index (κ3) is 3.72.